The first kappa shape index (κ1) is 12.6. The lowest BCUT2D eigenvalue weighted by Gasteiger charge is -2.12. The summed E-state index contributed by atoms with van der Waals surface area (Å²) in [6, 6.07) is 3.94. The second-order valence-corrected chi connectivity index (χ2v) is 2.98. The molecular formula is C10H13N3O4. The van der Waals surface area contributed by atoms with E-state index in [-0.39, 0.29) is 11.3 Å². The average Bonchev–Trinajstić information content (AvgIpc) is 2.34. The number of carbonyl (C=O) groups excluding carboxylic acids is 2. The van der Waals surface area contributed by atoms with E-state index >= 15 is 0 Å². The number of methoxy groups -OCH3 is 2. The predicted molar refractivity (Wildman–Crippen MR) is 59.7 cm³/mol. The quantitative estimate of drug-likeness (QED) is 0.647. The molecule has 0 aromatic heterocycles. The lowest BCUT2D eigenvalue weighted by atomic mass is 10.2. The van der Waals surface area contributed by atoms with Crippen LogP contribution in [-0.4, -0.2) is 26.2 Å². The monoisotopic (exact) mass is 239 g/mol. The number of carbonyl (C=O) groups is 2. The minimum absolute atomic E-state index is 0.223. The van der Waals surface area contributed by atoms with Crippen molar-refractivity contribution in [1.29, 1.82) is 0 Å². The van der Waals surface area contributed by atoms with E-state index in [2.05, 4.69) is 5.43 Å². The van der Waals surface area contributed by atoms with Crippen LogP contribution in [0.1, 0.15) is 10.4 Å². The summed E-state index contributed by atoms with van der Waals surface area (Å²) in [6.45, 7) is 0. The largest absolute Gasteiger partial charge is 0.493 e. The molecule has 3 amide bonds. The van der Waals surface area contributed by atoms with E-state index in [4.69, 9.17) is 15.2 Å². The maximum absolute atomic E-state index is 11.7. The fourth-order valence-electron chi connectivity index (χ4n) is 1.25. The maximum atomic E-state index is 11.7. The first-order chi connectivity index (χ1) is 8.10. The van der Waals surface area contributed by atoms with Crippen molar-refractivity contribution in [2.75, 3.05) is 14.2 Å². The zero-order valence-electron chi connectivity index (χ0n) is 9.44. The number of hydrogen-bond acceptors (Lipinski definition) is 4. The molecule has 92 valence electrons. The number of para-hydroxylation sites is 1. The highest BCUT2D eigenvalue weighted by molar-refractivity contribution is 5.98. The molecule has 0 unspecified atom stereocenters. The third-order valence-electron chi connectivity index (χ3n) is 1.95. The van der Waals surface area contributed by atoms with Gasteiger partial charge < -0.3 is 15.2 Å². The molecule has 0 bridgehead atoms. The van der Waals surface area contributed by atoms with Gasteiger partial charge in [-0.2, -0.15) is 0 Å². The van der Waals surface area contributed by atoms with Crippen LogP contribution in [0, 0.1) is 0 Å². The van der Waals surface area contributed by atoms with Crippen LogP contribution in [-0.2, 0) is 0 Å². The molecule has 1 aromatic carbocycles. The number of benzene rings is 1. The summed E-state index contributed by atoms with van der Waals surface area (Å²) in [5.41, 5.74) is 9.15. The molecular weight excluding hydrogens is 226 g/mol. The average molecular weight is 239 g/mol. The van der Waals surface area contributed by atoms with Gasteiger partial charge in [0, 0.05) is 0 Å². The van der Waals surface area contributed by atoms with Crippen LogP contribution < -0.4 is 26.1 Å². The van der Waals surface area contributed by atoms with Gasteiger partial charge in [0.2, 0.25) is 0 Å². The van der Waals surface area contributed by atoms with Gasteiger partial charge >= 0.3 is 6.03 Å². The molecule has 0 aliphatic heterocycles. The van der Waals surface area contributed by atoms with Crippen LogP contribution in [0.2, 0.25) is 0 Å². The Morgan fingerprint density at radius 3 is 2.41 bits per heavy atom. The number of urea groups is 1. The van der Waals surface area contributed by atoms with Crippen molar-refractivity contribution in [1.82, 2.24) is 10.9 Å². The normalized spacial score (nSPS) is 9.29. The Balaban J connectivity index is 2.96. The fourth-order valence-corrected chi connectivity index (χ4v) is 1.25. The second-order valence-electron chi connectivity index (χ2n) is 2.98. The summed E-state index contributed by atoms with van der Waals surface area (Å²) in [6.07, 6.45) is 0. The first-order valence-corrected chi connectivity index (χ1v) is 4.67. The SMILES string of the molecule is COc1cccc(C(=O)NNC(N)=O)c1OC. The van der Waals surface area contributed by atoms with Crippen molar-refractivity contribution < 1.29 is 19.1 Å². The number of nitrogens with two attached hydrogens (primary N) is 1. The number of hydrazine groups is 1. The van der Waals surface area contributed by atoms with E-state index < -0.39 is 11.9 Å². The molecule has 17 heavy (non-hydrogen) atoms. The molecule has 0 saturated carbocycles. The smallest absolute Gasteiger partial charge is 0.330 e. The van der Waals surface area contributed by atoms with Gasteiger partial charge in [-0.15, -0.1) is 0 Å². The van der Waals surface area contributed by atoms with E-state index in [0.29, 0.717) is 5.75 Å². The molecule has 4 N–H and O–H groups in total. The highest BCUT2D eigenvalue weighted by Crippen LogP contribution is 2.30. The maximum Gasteiger partial charge on any atom is 0.330 e. The van der Waals surface area contributed by atoms with Crippen molar-refractivity contribution in [3.05, 3.63) is 23.8 Å². The highest BCUT2D eigenvalue weighted by Gasteiger charge is 2.16. The Morgan fingerprint density at radius 1 is 1.18 bits per heavy atom. The molecule has 0 aliphatic rings. The molecule has 0 heterocycles. The Kier molecular flexibility index (Phi) is 4.15. The van der Waals surface area contributed by atoms with Crippen molar-refractivity contribution >= 4 is 11.9 Å². The summed E-state index contributed by atoms with van der Waals surface area (Å²) in [7, 11) is 2.87. The van der Waals surface area contributed by atoms with Crippen LogP contribution in [0.25, 0.3) is 0 Å². The van der Waals surface area contributed by atoms with Crippen molar-refractivity contribution in [2.45, 2.75) is 0 Å². The zero-order chi connectivity index (χ0) is 12.8. The van der Waals surface area contributed by atoms with Gasteiger partial charge in [0.25, 0.3) is 5.91 Å². The van der Waals surface area contributed by atoms with E-state index in [1.54, 1.807) is 12.1 Å². The number of ether oxygens (including phenoxy) is 2. The fraction of sp³-hybridized carbons (Fsp3) is 0.200. The Labute approximate surface area is 97.9 Å². The molecule has 7 heteroatoms. The van der Waals surface area contributed by atoms with Crippen LogP contribution in [0.4, 0.5) is 4.79 Å². The molecule has 0 atom stereocenters. The van der Waals surface area contributed by atoms with Crippen LogP contribution in [0.15, 0.2) is 18.2 Å². The minimum Gasteiger partial charge on any atom is -0.493 e. The zero-order valence-corrected chi connectivity index (χ0v) is 9.44. The first-order valence-electron chi connectivity index (χ1n) is 4.67. The van der Waals surface area contributed by atoms with E-state index in [0.717, 1.165) is 0 Å². The predicted octanol–water partition coefficient (Wildman–Crippen LogP) is 0.0169. The summed E-state index contributed by atoms with van der Waals surface area (Å²) >= 11 is 0. The summed E-state index contributed by atoms with van der Waals surface area (Å²) < 4.78 is 10.1. The van der Waals surface area contributed by atoms with Gasteiger partial charge in [-0.05, 0) is 12.1 Å². The Bertz CT molecular complexity index is 434. The molecule has 0 saturated heterocycles. The summed E-state index contributed by atoms with van der Waals surface area (Å²) in [5, 5.41) is 0. The summed E-state index contributed by atoms with van der Waals surface area (Å²) in [5.74, 6) is 0.137. The molecule has 0 fully saturated rings. The third kappa shape index (κ3) is 3.00. The van der Waals surface area contributed by atoms with Gasteiger partial charge in [0.15, 0.2) is 11.5 Å². The van der Waals surface area contributed by atoms with Gasteiger partial charge in [0.1, 0.15) is 0 Å². The number of hydrogen-bond donors (Lipinski definition) is 3. The lowest BCUT2D eigenvalue weighted by Crippen LogP contribution is -2.44. The summed E-state index contributed by atoms with van der Waals surface area (Å²) in [4.78, 5) is 22.1. The van der Waals surface area contributed by atoms with Gasteiger partial charge in [0.05, 0.1) is 19.8 Å². The van der Waals surface area contributed by atoms with Crippen LogP contribution in [0.5, 0.6) is 11.5 Å². The van der Waals surface area contributed by atoms with Crippen molar-refractivity contribution in [2.24, 2.45) is 5.73 Å². The second kappa shape index (κ2) is 5.59. The molecule has 1 rings (SSSR count). The van der Waals surface area contributed by atoms with Gasteiger partial charge in [-0.25, -0.2) is 10.2 Å². The molecule has 7 nitrogen and oxygen atoms in total. The van der Waals surface area contributed by atoms with E-state index in [1.807, 2.05) is 5.43 Å². The Morgan fingerprint density at radius 2 is 1.88 bits per heavy atom. The lowest BCUT2D eigenvalue weighted by molar-refractivity contribution is 0.0933. The number of primary amides is 1. The number of nitrogens with one attached hydrogen (secondary N) is 2. The molecule has 0 spiro atoms. The standard InChI is InChI=1S/C10H13N3O4/c1-16-7-5-3-4-6(8(7)17-2)9(14)12-13-10(11)15/h3-5H,1-2H3,(H,12,14)(H3,11,13,15). The molecule has 1 aromatic rings. The van der Waals surface area contributed by atoms with E-state index in [9.17, 15) is 9.59 Å². The molecule has 0 radical (unpaired) electrons. The minimum atomic E-state index is -0.861. The topological polar surface area (TPSA) is 103 Å². The van der Waals surface area contributed by atoms with Gasteiger partial charge in [-0.1, -0.05) is 6.07 Å². The van der Waals surface area contributed by atoms with Crippen LogP contribution in [0.3, 0.4) is 0 Å². The number of rotatable bonds is 3. The third-order valence-corrected chi connectivity index (χ3v) is 1.95. The van der Waals surface area contributed by atoms with Crippen molar-refractivity contribution in [3.8, 4) is 11.5 Å². The van der Waals surface area contributed by atoms with Gasteiger partial charge in [-0.3, -0.25) is 10.2 Å². The van der Waals surface area contributed by atoms with E-state index in [1.165, 1.54) is 20.3 Å². The Hall–Kier alpha value is -2.44. The number of amides is 3. The van der Waals surface area contributed by atoms with Crippen molar-refractivity contribution in [3.63, 3.8) is 0 Å². The molecule has 0 aliphatic carbocycles. The van der Waals surface area contributed by atoms with Crippen LogP contribution >= 0.6 is 0 Å². The highest BCUT2D eigenvalue weighted by atomic mass is 16.5.